The average Bonchev–Trinajstić information content (AvgIpc) is 2.68. The molecule has 0 aliphatic heterocycles. The summed E-state index contributed by atoms with van der Waals surface area (Å²) in [7, 11) is 0. The van der Waals surface area contributed by atoms with E-state index in [4.69, 9.17) is 0 Å². The summed E-state index contributed by atoms with van der Waals surface area (Å²) in [4.78, 5) is 22.3. The Hall–Kier alpha value is -1.98. The number of nitro groups is 1. The van der Waals surface area contributed by atoms with Crippen molar-refractivity contribution in [2.75, 3.05) is 0 Å². The molecule has 0 saturated heterocycles. The van der Waals surface area contributed by atoms with Crippen LogP contribution in [0.4, 0.5) is 10.1 Å². The minimum Gasteiger partial charge on any atom is -0.349 e. The van der Waals surface area contributed by atoms with E-state index in [-0.39, 0.29) is 22.7 Å². The van der Waals surface area contributed by atoms with Crippen LogP contribution < -0.4 is 5.32 Å². The number of nitrogens with one attached hydrogen (secondary N) is 1. The molecule has 1 fully saturated rings. The Morgan fingerprint density at radius 1 is 1.50 bits per heavy atom. The highest BCUT2D eigenvalue weighted by Gasteiger charge is 2.32. The van der Waals surface area contributed by atoms with Gasteiger partial charge in [0.05, 0.1) is 4.92 Å². The number of hydrogen-bond donors (Lipinski definition) is 1. The molecule has 20 heavy (non-hydrogen) atoms. The Balaban J connectivity index is 2.17. The lowest BCUT2D eigenvalue weighted by Crippen LogP contribution is -2.34. The molecule has 1 aromatic carbocycles. The van der Waals surface area contributed by atoms with Crippen LogP contribution in [-0.2, 0) is 0 Å². The summed E-state index contributed by atoms with van der Waals surface area (Å²) in [6.45, 7) is 4.23. The maximum Gasteiger partial charge on any atom is 0.282 e. The number of halogens is 1. The van der Waals surface area contributed by atoms with E-state index < -0.39 is 16.6 Å². The van der Waals surface area contributed by atoms with Gasteiger partial charge < -0.3 is 5.32 Å². The molecule has 1 unspecified atom stereocenters. The molecule has 1 atom stereocenters. The number of benzene rings is 1. The first-order valence-electron chi connectivity index (χ1n) is 6.53. The van der Waals surface area contributed by atoms with Gasteiger partial charge in [0, 0.05) is 12.1 Å². The van der Waals surface area contributed by atoms with Crippen molar-refractivity contribution in [1.29, 1.82) is 0 Å². The van der Waals surface area contributed by atoms with Gasteiger partial charge in [0.25, 0.3) is 11.6 Å². The molecule has 0 bridgehead atoms. The Morgan fingerprint density at radius 2 is 2.20 bits per heavy atom. The van der Waals surface area contributed by atoms with Crippen LogP contribution in [0.1, 0.15) is 43.5 Å². The number of carbonyl (C=O) groups is 1. The van der Waals surface area contributed by atoms with Crippen LogP contribution in [0.2, 0.25) is 0 Å². The predicted octanol–water partition coefficient (Wildman–Crippen LogP) is 3.04. The second-order valence-corrected chi connectivity index (χ2v) is 6.00. The van der Waals surface area contributed by atoms with Gasteiger partial charge in [-0.15, -0.1) is 0 Å². The summed E-state index contributed by atoms with van der Waals surface area (Å²) in [6.07, 6.45) is 2.65. The van der Waals surface area contributed by atoms with E-state index in [1.807, 2.05) is 0 Å². The first-order valence-corrected chi connectivity index (χ1v) is 6.53. The minimum absolute atomic E-state index is 0.0135. The molecular formula is C14H17FN2O3. The van der Waals surface area contributed by atoms with Crippen LogP contribution in [0.25, 0.3) is 0 Å². The van der Waals surface area contributed by atoms with Gasteiger partial charge in [0.1, 0.15) is 11.4 Å². The topological polar surface area (TPSA) is 72.2 Å². The standard InChI is InChI=1S/C14H17FN2O3/c1-14(2)6-5-10(8-14)16-13(18)11-7-9(15)3-4-12(11)17(19)20/h3-4,7,10H,5-6,8H2,1-2H3,(H,16,18). The summed E-state index contributed by atoms with van der Waals surface area (Å²) in [5, 5.41) is 13.6. The lowest BCUT2D eigenvalue weighted by atomic mass is 9.92. The number of nitrogens with zero attached hydrogens (tertiary/aromatic N) is 1. The van der Waals surface area contributed by atoms with E-state index in [1.165, 1.54) is 0 Å². The second-order valence-electron chi connectivity index (χ2n) is 6.00. The zero-order valence-corrected chi connectivity index (χ0v) is 11.5. The van der Waals surface area contributed by atoms with Crippen molar-refractivity contribution >= 4 is 11.6 Å². The summed E-state index contributed by atoms with van der Waals surface area (Å²) >= 11 is 0. The van der Waals surface area contributed by atoms with E-state index in [1.54, 1.807) is 0 Å². The fraction of sp³-hybridized carbons (Fsp3) is 0.500. The third kappa shape index (κ3) is 3.12. The number of nitro benzene ring substituents is 1. The van der Waals surface area contributed by atoms with E-state index in [0.29, 0.717) is 0 Å². The van der Waals surface area contributed by atoms with Crippen LogP contribution in [0, 0.1) is 21.3 Å². The molecule has 0 radical (unpaired) electrons. The SMILES string of the molecule is CC1(C)CCC(NC(=O)c2cc(F)ccc2[N+](=O)[O-])C1. The van der Waals surface area contributed by atoms with Gasteiger partial charge in [0.2, 0.25) is 0 Å². The molecular weight excluding hydrogens is 263 g/mol. The van der Waals surface area contributed by atoms with Crippen molar-refractivity contribution in [3.8, 4) is 0 Å². The lowest BCUT2D eigenvalue weighted by Gasteiger charge is -2.17. The van der Waals surface area contributed by atoms with E-state index in [0.717, 1.165) is 37.5 Å². The number of rotatable bonds is 3. The van der Waals surface area contributed by atoms with Crippen molar-refractivity contribution in [3.05, 3.63) is 39.7 Å². The molecule has 5 nitrogen and oxygen atoms in total. The predicted molar refractivity (Wildman–Crippen MR) is 71.9 cm³/mol. The van der Waals surface area contributed by atoms with Crippen LogP contribution >= 0.6 is 0 Å². The fourth-order valence-electron chi connectivity index (χ4n) is 2.67. The van der Waals surface area contributed by atoms with Crippen LogP contribution in [0.15, 0.2) is 18.2 Å². The molecule has 1 saturated carbocycles. The second kappa shape index (κ2) is 5.19. The van der Waals surface area contributed by atoms with Crippen molar-refractivity contribution in [3.63, 3.8) is 0 Å². The van der Waals surface area contributed by atoms with Gasteiger partial charge in [-0.05, 0) is 36.8 Å². The lowest BCUT2D eigenvalue weighted by molar-refractivity contribution is -0.385. The molecule has 0 heterocycles. The molecule has 2 rings (SSSR count). The number of hydrogen-bond acceptors (Lipinski definition) is 3. The molecule has 1 aliphatic rings. The molecule has 108 valence electrons. The Kier molecular flexibility index (Phi) is 3.74. The van der Waals surface area contributed by atoms with Gasteiger partial charge in [-0.1, -0.05) is 13.8 Å². The molecule has 1 aromatic rings. The first-order chi connectivity index (χ1) is 9.28. The molecule has 6 heteroatoms. The zero-order valence-electron chi connectivity index (χ0n) is 11.5. The quantitative estimate of drug-likeness (QED) is 0.683. The van der Waals surface area contributed by atoms with Crippen molar-refractivity contribution in [2.24, 2.45) is 5.41 Å². The zero-order chi connectivity index (χ0) is 14.9. The molecule has 0 spiro atoms. The molecule has 1 amide bonds. The van der Waals surface area contributed by atoms with Crippen molar-refractivity contribution < 1.29 is 14.1 Å². The monoisotopic (exact) mass is 280 g/mol. The highest BCUT2D eigenvalue weighted by molar-refractivity contribution is 5.98. The highest BCUT2D eigenvalue weighted by atomic mass is 19.1. The Bertz CT molecular complexity index is 557. The van der Waals surface area contributed by atoms with Crippen LogP contribution in [0.3, 0.4) is 0 Å². The van der Waals surface area contributed by atoms with Gasteiger partial charge in [-0.3, -0.25) is 14.9 Å². The molecule has 1 aliphatic carbocycles. The summed E-state index contributed by atoms with van der Waals surface area (Å²) in [5.41, 5.74) is -0.438. The van der Waals surface area contributed by atoms with Crippen molar-refractivity contribution in [1.82, 2.24) is 5.32 Å². The smallest absolute Gasteiger partial charge is 0.282 e. The number of amides is 1. The van der Waals surface area contributed by atoms with E-state index in [9.17, 15) is 19.3 Å². The third-order valence-corrected chi connectivity index (χ3v) is 3.70. The van der Waals surface area contributed by atoms with Gasteiger partial charge in [-0.2, -0.15) is 0 Å². The largest absolute Gasteiger partial charge is 0.349 e. The van der Waals surface area contributed by atoms with E-state index in [2.05, 4.69) is 19.2 Å². The summed E-state index contributed by atoms with van der Waals surface area (Å²) < 4.78 is 13.2. The van der Waals surface area contributed by atoms with Crippen LogP contribution in [0.5, 0.6) is 0 Å². The van der Waals surface area contributed by atoms with E-state index >= 15 is 0 Å². The highest BCUT2D eigenvalue weighted by Crippen LogP contribution is 2.37. The Morgan fingerprint density at radius 3 is 2.75 bits per heavy atom. The summed E-state index contributed by atoms with van der Waals surface area (Å²) in [5.74, 6) is -1.24. The number of carbonyl (C=O) groups excluding carboxylic acids is 1. The van der Waals surface area contributed by atoms with Crippen molar-refractivity contribution in [2.45, 2.75) is 39.2 Å². The maximum atomic E-state index is 13.2. The average molecular weight is 280 g/mol. The minimum atomic E-state index is -0.674. The van der Waals surface area contributed by atoms with Gasteiger partial charge >= 0.3 is 0 Å². The fourth-order valence-corrected chi connectivity index (χ4v) is 2.67. The molecule has 1 N–H and O–H groups in total. The molecule has 0 aromatic heterocycles. The first kappa shape index (κ1) is 14.4. The third-order valence-electron chi connectivity index (χ3n) is 3.70. The van der Waals surface area contributed by atoms with Gasteiger partial charge in [-0.25, -0.2) is 4.39 Å². The normalized spacial score (nSPS) is 20.6. The van der Waals surface area contributed by atoms with Gasteiger partial charge in [0.15, 0.2) is 0 Å². The van der Waals surface area contributed by atoms with Crippen LogP contribution in [-0.4, -0.2) is 16.9 Å². The Labute approximate surface area is 116 Å². The maximum absolute atomic E-state index is 13.2. The summed E-state index contributed by atoms with van der Waals surface area (Å²) in [6, 6.07) is 2.89.